The highest BCUT2D eigenvalue weighted by molar-refractivity contribution is 6.04. The summed E-state index contributed by atoms with van der Waals surface area (Å²) < 4.78 is 26.6. The third-order valence-corrected chi connectivity index (χ3v) is 3.92. The summed E-state index contributed by atoms with van der Waals surface area (Å²) in [6.07, 6.45) is 1.61. The molecule has 0 saturated carbocycles. The summed E-state index contributed by atoms with van der Waals surface area (Å²) in [6.45, 7) is 4.44. The average Bonchev–Trinajstić information content (AvgIpc) is 2.40. The fraction of sp³-hybridized carbons (Fsp3) is 0.467. The Balaban J connectivity index is 2.39. The number of carbonyl (C=O) groups excluding carboxylic acids is 1. The van der Waals surface area contributed by atoms with Crippen molar-refractivity contribution in [3.63, 3.8) is 0 Å². The zero-order valence-corrected chi connectivity index (χ0v) is 11.9. The fourth-order valence-electron chi connectivity index (χ4n) is 2.76. The first kappa shape index (κ1) is 15.4. The van der Waals surface area contributed by atoms with Gasteiger partial charge in [-0.25, -0.2) is 13.6 Å². The number of carboxylic acids is 1. The largest absolute Gasteiger partial charge is 0.478 e. The number of carboxylic acid groups (broad SMARTS) is 1. The molecule has 1 aliphatic heterocycles. The number of aromatic carboxylic acids is 1. The lowest BCUT2D eigenvalue weighted by Crippen LogP contribution is -2.44. The van der Waals surface area contributed by atoms with Gasteiger partial charge in [-0.2, -0.15) is 0 Å². The van der Waals surface area contributed by atoms with E-state index in [1.807, 2.05) is 6.92 Å². The van der Waals surface area contributed by atoms with Gasteiger partial charge in [-0.05, 0) is 37.8 Å². The smallest absolute Gasteiger partial charge is 0.336 e. The van der Waals surface area contributed by atoms with Gasteiger partial charge >= 0.3 is 5.97 Å². The van der Waals surface area contributed by atoms with Crippen molar-refractivity contribution in [2.45, 2.75) is 32.7 Å². The molecule has 2 unspecified atom stereocenters. The van der Waals surface area contributed by atoms with E-state index in [0.717, 1.165) is 12.8 Å². The summed E-state index contributed by atoms with van der Waals surface area (Å²) in [5, 5.41) is 9.08. The quantitative estimate of drug-likeness (QED) is 0.913. The number of piperidine rings is 1. The molecule has 4 nitrogen and oxygen atoms in total. The number of nitrogens with zero attached hydrogens (tertiary/aromatic N) is 1. The van der Waals surface area contributed by atoms with Crippen molar-refractivity contribution < 1.29 is 23.5 Å². The van der Waals surface area contributed by atoms with Gasteiger partial charge in [0.2, 0.25) is 0 Å². The van der Waals surface area contributed by atoms with Crippen molar-refractivity contribution >= 4 is 11.9 Å². The van der Waals surface area contributed by atoms with Gasteiger partial charge in [0.1, 0.15) is 0 Å². The van der Waals surface area contributed by atoms with E-state index in [2.05, 4.69) is 6.92 Å². The molecule has 0 radical (unpaired) electrons. The monoisotopic (exact) mass is 297 g/mol. The average molecular weight is 297 g/mol. The lowest BCUT2D eigenvalue weighted by Gasteiger charge is -2.36. The molecule has 6 heteroatoms. The van der Waals surface area contributed by atoms with Gasteiger partial charge in [0.15, 0.2) is 11.6 Å². The maximum atomic E-state index is 13.4. The third-order valence-electron chi connectivity index (χ3n) is 3.92. The van der Waals surface area contributed by atoms with Crippen molar-refractivity contribution in [3.05, 3.63) is 34.9 Å². The number of hydrogen-bond acceptors (Lipinski definition) is 2. The summed E-state index contributed by atoms with van der Waals surface area (Å²) >= 11 is 0. The number of benzene rings is 1. The van der Waals surface area contributed by atoms with Crippen LogP contribution in [0.2, 0.25) is 0 Å². The molecule has 0 spiro atoms. The van der Waals surface area contributed by atoms with Crippen LogP contribution in [0.4, 0.5) is 8.78 Å². The molecule has 1 heterocycles. The number of hydrogen-bond donors (Lipinski definition) is 1. The van der Waals surface area contributed by atoms with E-state index >= 15 is 0 Å². The summed E-state index contributed by atoms with van der Waals surface area (Å²) in [5.41, 5.74) is -0.812. The SMILES string of the molecule is CC1CCN(C(=O)c2cc(F)c(F)cc2C(=O)O)C(C)C1. The zero-order chi connectivity index (χ0) is 15.7. The Morgan fingerprint density at radius 3 is 2.29 bits per heavy atom. The predicted octanol–water partition coefficient (Wildman–Crippen LogP) is 2.92. The van der Waals surface area contributed by atoms with E-state index < -0.39 is 29.1 Å². The standard InChI is InChI=1S/C15H17F2NO3/c1-8-3-4-18(9(2)5-8)14(19)10-6-12(16)13(17)7-11(10)15(20)21/h6-9H,3-5H2,1-2H3,(H,20,21). The van der Waals surface area contributed by atoms with E-state index in [9.17, 15) is 18.4 Å². The molecule has 0 bridgehead atoms. The Kier molecular flexibility index (Phi) is 4.25. The van der Waals surface area contributed by atoms with Crippen molar-refractivity contribution in [1.82, 2.24) is 4.90 Å². The minimum atomic E-state index is -1.45. The first-order valence-corrected chi connectivity index (χ1v) is 6.84. The molecule has 1 aliphatic rings. The van der Waals surface area contributed by atoms with E-state index in [-0.39, 0.29) is 11.6 Å². The van der Waals surface area contributed by atoms with Crippen LogP contribution in [0.15, 0.2) is 12.1 Å². The molecule has 1 aromatic carbocycles. The highest BCUT2D eigenvalue weighted by Gasteiger charge is 2.30. The van der Waals surface area contributed by atoms with Crippen LogP contribution < -0.4 is 0 Å². The topological polar surface area (TPSA) is 57.6 Å². The van der Waals surface area contributed by atoms with Gasteiger partial charge in [-0.15, -0.1) is 0 Å². The molecule has 2 rings (SSSR count). The van der Waals surface area contributed by atoms with Crippen LogP contribution in [-0.4, -0.2) is 34.5 Å². The highest BCUT2D eigenvalue weighted by Crippen LogP contribution is 2.25. The fourth-order valence-corrected chi connectivity index (χ4v) is 2.76. The summed E-state index contributed by atoms with van der Waals surface area (Å²) in [5.74, 6) is -4.03. The van der Waals surface area contributed by atoms with Gasteiger partial charge < -0.3 is 10.0 Å². The molecular weight excluding hydrogens is 280 g/mol. The van der Waals surface area contributed by atoms with E-state index in [0.29, 0.717) is 24.6 Å². The maximum absolute atomic E-state index is 13.4. The molecule has 1 fully saturated rings. The van der Waals surface area contributed by atoms with Gasteiger partial charge in [0.05, 0.1) is 11.1 Å². The molecular formula is C15H17F2NO3. The second-order valence-electron chi connectivity index (χ2n) is 5.59. The molecule has 114 valence electrons. The van der Waals surface area contributed by atoms with Crippen molar-refractivity contribution in [3.8, 4) is 0 Å². The van der Waals surface area contributed by atoms with Crippen LogP contribution in [-0.2, 0) is 0 Å². The van der Waals surface area contributed by atoms with Gasteiger partial charge in [0.25, 0.3) is 5.91 Å². The highest BCUT2D eigenvalue weighted by atomic mass is 19.2. The molecule has 21 heavy (non-hydrogen) atoms. The van der Waals surface area contributed by atoms with Crippen molar-refractivity contribution in [1.29, 1.82) is 0 Å². The van der Waals surface area contributed by atoms with Crippen molar-refractivity contribution in [2.24, 2.45) is 5.92 Å². The summed E-state index contributed by atoms with van der Waals surface area (Å²) in [7, 11) is 0. The van der Waals surface area contributed by atoms with E-state index in [4.69, 9.17) is 5.11 Å². The molecule has 1 saturated heterocycles. The number of rotatable bonds is 2. The molecule has 1 N–H and O–H groups in total. The Bertz CT molecular complexity index is 589. The van der Waals surface area contributed by atoms with Crippen LogP contribution in [0.25, 0.3) is 0 Å². The lowest BCUT2D eigenvalue weighted by atomic mass is 9.92. The Morgan fingerprint density at radius 2 is 1.76 bits per heavy atom. The molecule has 1 aromatic rings. The first-order valence-electron chi connectivity index (χ1n) is 6.84. The first-order chi connectivity index (χ1) is 9.81. The molecule has 1 amide bonds. The minimum absolute atomic E-state index is 0.0593. The number of amides is 1. The number of likely N-dealkylation sites (tertiary alicyclic amines) is 1. The zero-order valence-electron chi connectivity index (χ0n) is 11.9. The Labute approximate surface area is 121 Å². The predicted molar refractivity (Wildman–Crippen MR) is 72.2 cm³/mol. The third kappa shape index (κ3) is 3.04. The number of carbonyl (C=O) groups is 2. The minimum Gasteiger partial charge on any atom is -0.478 e. The lowest BCUT2D eigenvalue weighted by molar-refractivity contribution is 0.0572. The van der Waals surface area contributed by atoms with Gasteiger partial charge in [-0.3, -0.25) is 4.79 Å². The number of halogens is 2. The van der Waals surface area contributed by atoms with Crippen LogP contribution in [0.1, 0.15) is 47.4 Å². The van der Waals surface area contributed by atoms with E-state index in [1.54, 1.807) is 0 Å². The molecule has 0 aromatic heterocycles. The van der Waals surface area contributed by atoms with Gasteiger partial charge in [-0.1, -0.05) is 6.92 Å². The van der Waals surface area contributed by atoms with E-state index in [1.165, 1.54) is 4.90 Å². The van der Waals surface area contributed by atoms with Crippen LogP contribution in [0.5, 0.6) is 0 Å². The maximum Gasteiger partial charge on any atom is 0.336 e. The second-order valence-corrected chi connectivity index (χ2v) is 5.59. The van der Waals surface area contributed by atoms with Crippen LogP contribution >= 0.6 is 0 Å². The normalized spacial score (nSPS) is 22.2. The molecule has 2 atom stereocenters. The van der Waals surface area contributed by atoms with Gasteiger partial charge in [0, 0.05) is 12.6 Å². The Morgan fingerprint density at radius 1 is 1.19 bits per heavy atom. The molecule has 0 aliphatic carbocycles. The summed E-state index contributed by atoms with van der Waals surface area (Å²) in [6, 6.07) is 1.17. The second kappa shape index (κ2) is 5.79. The summed E-state index contributed by atoms with van der Waals surface area (Å²) in [4.78, 5) is 25.2. The Hall–Kier alpha value is -1.98. The van der Waals surface area contributed by atoms with Crippen LogP contribution in [0, 0.1) is 17.6 Å². The van der Waals surface area contributed by atoms with Crippen LogP contribution in [0.3, 0.4) is 0 Å². The van der Waals surface area contributed by atoms with Crippen molar-refractivity contribution in [2.75, 3.05) is 6.54 Å².